The molecule has 122 valence electrons. The van der Waals surface area contributed by atoms with E-state index in [-0.39, 0.29) is 17.6 Å². The summed E-state index contributed by atoms with van der Waals surface area (Å²) in [4.78, 5) is 8.16. The summed E-state index contributed by atoms with van der Waals surface area (Å²) in [5.74, 6) is -0.0737. The molecule has 5 nitrogen and oxygen atoms in total. The van der Waals surface area contributed by atoms with Gasteiger partial charge in [0.2, 0.25) is 5.95 Å². The van der Waals surface area contributed by atoms with Crippen LogP contribution in [0.1, 0.15) is 17.0 Å². The Kier molecular flexibility index (Phi) is 4.74. The van der Waals surface area contributed by atoms with Crippen molar-refractivity contribution < 1.29 is 13.2 Å². The number of benzene rings is 1. The number of guanidine groups is 1. The van der Waals surface area contributed by atoms with Crippen molar-refractivity contribution in [2.24, 2.45) is 0 Å². The van der Waals surface area contributed by atoms with Crippen LogP contribution < -0.4 is 10.6 Å². The van der Waals surface area contributed by atoms with Crippen LogP contribution in [-0.4, -0.2) is 15.9 Å². The van der Waals surface area contributed by atoms with Gasteiger partial charge in [-0.2, -0.15) is 13.2 Å². The van der Waals surface area contributed by atoms with Gasteiger partial charge in [-0.3, -0.25) is 10.7 Å². The SMILES string of the molecule is Cc1cc(C)nc(NC(=N)Nc2ccc(Cl)c(C(F)(F)F)c2)n1. The predicted molar refractivity (Wildman–Crippen MR) is 82.9 cm³/mol. The fourth-order valence-electron chi connectivity index (χ4n) is 1.89. The molecule has 1 aromatic carbocycles. The van der Waals surface area contributed by atoms with Gasteiger partial charge in [0.1, 0.15) is 0 Å². The summed E-state index contributed by atoms with van der Waals surface area (Å²) in [5.41, 5.74) is 0.514. The minimum Gasteiger partial charge on any atom is -0.326 e. The van der Waals surface area contributed by atoms with E-state index in [1.807, 2.05) is 0 Å². The summed E-state index contributed by atoms with van der Waals surface area (Å²) in [6.07, 6.45) is -4.57. The number of halogens is 4. The van der Waals surface area contributed by atoms with Gasteiger partial charge in [-0.25, -0.2) is 9.97 Å². The lowest BCUT2D eigenvalue weighted by atomic mass is 10.2. The molecule has 0 spiro atoms. The van der Waals surface area contributed by atoms with Crippen LogP contribution in [0, 0.1) is 19.3 Å². The van der Waals surface area contributed by atoms with Gasteiger partial charge in [-0.05, 0) is 38.1 Å². The summed E-state index contributed by atoms with van der Waals surface area (Å²) < 4.78 is 38.4. The Balaban J connectivity index is 2.14. The lowest BCUT2D eigenvalue weighted by molar-refractivity contribution is -0.137. The van der Waals surface area contributed by atoms with Crippen molar-refractivity contribution in [3.8, 4) is 0 Å². The van der Waals surface area contributed by atoms with Crippen LogP contribution in [0.25, 0.3) is 0 Å². The van der Waals surface area contributed by atoms with Crippen molar-refractivity contribution in [2.75, 3.05) is 10.6 Å². The standard InChI is InChI=1S/C14H13ClF3N5/c1-7-5-8(2)21-13(20-7)23-12(19)22-9-3-4-11(15)10(6-9)14(16,17)18/h3-6H,1-2H3,(H3,19,20,21,22,23). The maximum Gasteiger partial charge on any atom is 0.417 e. The molecule has 0 atom stereocenters. The smallest absolute Gasteiger partial charge is 0.326 e. The van der Waals surface area contributed by atoms with E-state index in [0.29, 0.717) is 11.4 Å². The van der Waals surface area contributed by atoms with Crippen LogP contribution in [0.2, 0.25) is 5.02 Å². The van der Waals surface area contributed by atoms with Gasteiger partial charge >= 0.3 is 6.18 Å². The Morgan fingerprint density at radius 2 is 1.70 bits per heavy atom. The highest BCUT2D eigenvalue weighted by Gasteiger charge is 2.33. The first kappa shape index (κ1) is 17.0. The average Bonchev–Trinajstić information content (AvgIpc) is 2.38. The molecule has 0 bridgehead atoms. The second kappa shape index (κ2) is 6.41. The summed E-state index contributed by atoms with van der Waals surface area (Å²) in [6.45, 7) is 3.54. The minimum absolute atomic E-state index is 0.0728. The van der Waals surface area contributed by atoms with Gasteiger partial charge in [0.15, 0.2) is 5.96 Å². The van der Waals surface area contributed by atoms with E-state index in [2.05, 4.69) is 20.6 Å². The molecule has 1 heterocycles. The van der Waals surface area contributed by atoms with Crippen LogP contribution in [0.15, 0.2) is 24.3 Å². The summed E-state index contributed by atoms with van der Waals surface area (Å²) in [5, 5.41) is 12.4. The van der Waals surface area contributed by atoms with Crippen molar-refractivity contribution in [2.45, 2.75) is 20.0 Å². The predicted octanol–water partition coefficient (Wildman–Crippen LogP) is 4.22. The second-order valence-electron chi connectivity index (χ2n) is 4.79. The van der Waals surface area contributed by atoms with E-state index in [0.717, 1.165) is 12.1 Å². The molecule has 0 aliphatic heterocycles. The first-order valence-electron chi connectivity index (χ1n) is 6.47. The monoisotopic (exact) mass is 343 g/mol. The van der Waals surface area contributed by atoms with E-state index in [4.69, 9.17) is 17.0 Å². The third-order valence-corrected chi connectivity index (χ3v) is 3.09. The van der Waals surface area contributed by atoms with Crippen molar-refractivity contribution in [1.82, 2.24) is 9.97 Å². The number of hydrogen-bond donors (Lipinski definition) is 3. The first-order valence-corrected chi connectivity index (χ1v) is 6.84. The molecule has 0 aliphatic carbocycles. The number of anilines is 2. The van der Waals surface area contributed by atoms with Crippen molar-refractivity contribution >= 4 is 29.2 Å². The highest BCUT2D eigenvalue weighted by atomic mass is 35.5. The Bertz CT molecular complexity index is 725. The summed E-state index contributed by atoms with van der Waals surface area (Å²) in [7, 11) is 0. The van der Waals surface area contributed by atoms with Crippen LogP contribution >= 0.6 is 11.6 Å². The normalized spacial score (nSPS) is 11.2. The topological polar surface area (TPSA) is 73.7 Å². The quantitative estimate of drug-likeness (QED) is 0.563. The molecule has 0 aliphatic rings. The van der Waals surface area contributed by atoms with E-state index >= 15 is 0 Å². The van der Waals surface area contributed by atoms with Crippen LogP contribution in [0.3, 0.4) is 0 Å². The molecule has 0 amide bonds. The number of rotatable bonds is 2. The number of alkyl halides is 3. The fourth-order valence-corrected chi connectivity index (χ4v) is 2.11. The number of nitrogens with one attached hydrogen (secondary N) is 3. The minimum atomic E-state index is -4.57. The molecule has 0 radical (unpaired) electrons. The average molecular weight is 344 g/mol. The highest BCUT2D eigenvalue weighted by Crippen LogP contribution is 2.36. The zero-order chi connectivity index (χ0) is 17.2. The van der Waals surface area contributed by atoms with Gasteiger partial charge in [-0.1, -0.05) is 11.6 Å². The van der Waals surface area contributed by atoms with Gasteiger partial charge in [0.25, 0.3) is 0 Å². The third kappa shape index (κ3) is 4.56. The molecule has 0 fully saturated rings. The highest BCUT2D eigenvalue weighted by molar-refractivity contribution is 6.31. The lowest BCUT2D eigenvalue weighted by Crippen LogP contribution is -2.22. The second-order valence-corrected chi connectivity index (χ2v) is 5.20. The molecule has 3 N–H and O–H groups in total. The third-order valence-electron chi connectivity index (χ3n) is 2.76. The molecule has 2 rings (SSSR count). The number of aromatic nitrogens is 2. The maximum absolute atomic E-state index is 12.8. The van der Waals surface area contributed by atoms with Crippen molar-refractivity contribution in [1.29, 1.82) is 5.41 Å². The molecule has 0 unspecified atom stereocenters. The van der Waals surface area contributed by atoms with Gasteiger partial charge in [-0.15, -0.1) is 0 Å². The molecule has 9 heteroatoms. The molecule has 23 heavy (non-hydrogen) atoms. The lowest BCUT2D eigenvalue weighted by Gasteiger charge is -2.13. The molecule has 0 saturated heterocycles. The van der Waals surface area contributed by atoms with E-state index < -0.39 is 16.8 Å². The molecule has 0 saturated carbocycles. The number of nitrogens with zero attached hydrogens (tertiary/aromatic N) is 2. The van der Waals surface area contributed by atoms with E-state index in [9.17, 15) is 13.2 Å². The zero-order valence-corrected chi connectivity index (χ0v) is 13.0. The Labute approximate surface area is 135 Å². The maximum atomic E-state index is 12.8. The van der Waals surface area contributed by atoms with E-state index in [1.165, 1.54) is 6.07 Å². The van der Waals surface area contributed by atoms with Gasteiger partial charge in [0, 0.05) is 17.1 Å². The summed E-state index contributed by atoms with van der Waals surface area (Å²) >= 11 is 5.54. The molecule has 1 aromatic heterocycles. The Hall–Kier alpha value is -2.35. The van der Waals surface area contributed by atoms with Gasteiger partial charge < -0.3 is 5.32 Å². The zero-order valence-electron chi connectivity index (χ0n) is 12.2. The number of hydrogen-bond acceptors (Lipinski definition) is 3. The number of aryl methyl sites for hydroxylation is 2. The van der Waals surface area contributed by atoms with Gasteiger partial charge in [0.05, 0.1) is 10.6 Å². The Morgan fingerprint density at radius 1 is 1.09 bits per heavy atom. The molecule has 2 aromatic rings. The van der Waals surface area contributed by atoms with Crippen molar-refractivity contribution in [3.05, 3.63) is 46.2 Å². The van der Waals surface area contributed by atoms with Crippen LogP contribution in [0.4, 0.5) is 24.8 Å². The van der Waals surface area contributed by atoms with Crippen LogP contribution in [-0.2, 0) is 6.18 Å². The molecular weight excluding hydrogens is 331 g/mol. The fraction of sp³-hybridized carbons (Fsp3) is 0.214. The largest absolute Gasteiger partial charge is 0.417 e. The Morgan fingerprint density at radius 3 is 2.26 bits per heavy atom. The van der Waals surface area contributed by atoms with E-state index in [1.54, 1.807) is 19.9 Å². The molecular formula is C14H13ClF3N5. The van der Waals surface area contributed by atoms with Crippen LogP contribution in [0.5, 0.6) is 0 Å². The first-order chi connectivity index (χ1) is 10.6. The summed E-state index contributed by atoms with van der Waals surface area (Å²) in [6, 6.07) is 5.06. The van der Waals surface area contributed by atoms with Crippen molar-refractivity contribution in [3.63, 3.8) is 0 Å².